The fraction of sp³-hybridized carbons (Fsp3) is 0.467. The molecule has 2 aliphatic rings. The summed E-state index contributed by atoms with van der Waals surface area (Å²) >= 11 is 3.41. The first-order valence-electron chi connectivity index (χ1n) is 6.88. The molecule has 106 valence electrons. The lowest BCUT2D eigenvalue weighted by Crippen LogP contribution is -2.38. The lowest BCUT2D eigenvalue weighted by molar-refractivity contribution is -0.133. The van der Waals surface area contributed by atoms with Gasteiger partial charge in [-0.2, -0.15) is 0 Å². The molecule has 2 fully saturated rings. The van der Waals surface area contributed by atoms with E-state index in [2.05, 4.69) is 15.9 Å². The van der Waals surface area contributed by atoms with E-state index in [0.717, 1.165) is 22.9 Å². The first kappa shape index (κ1) is 13.6. The Hall–Kier alpha value is -1.36. The molecule has 0 radical (unpaired) electrons. The second kappa shape index (κ2) is 4.88. The van der Waals surface area contributed by atoms with E-state index in [4.69, 9.17) is 5.73 Å². The number of rotatable bonds is 3. The van der Waals surface area contributed by atoms with Gasteiger partial charge in [0.25, 0.3) is 0 Å². The normalized spacial score (nSPS) is 23.6. The predicted molar refractivity (Wildman–Crippen MR) is 78.9 cm³/mol. The van der Waals surface area contributed by atoms with Crippen molar-refractivity contribution in [3.63, 3.8) is 0 Å². The highest BCUT2D eigenvalue weighted by Crippen LogP contribution is 2.50. The van der Waals surface area contributed by atoms with Crippen molar-refractivity contribution in [3.8, 4) is 0 Å². The van der Waals surface area contributed by atoms with Crippen molar-refractivity contribution in [2.45, 2.75) is 24.7 Å². The summed E-state index contributed by atoms with van der Waals surface area (Å²) in [5.41, 5.74) is 6.05. The van der Waals surface area contributed by atoms with Crippen LogP contribution >= 0.6 is 15.9 Å². The second-order valence-electron chi connectivity index (χ2n) is 5.73. The number of nitrogens with zero attached hydrogens (tertiary/aromatic N) is 1. The first-order valence-corrected chi connectivity index (χ1v) is 7.67. The number of nitrogens with two attached hydrogens (primary N) is 1. The molecule has 1 aromatic carbocycles. The second-order valence-corrected chi connectivity index (χ2v) is 6.64. The Bertz CT molecular complexity index is 551. The molecule has 1 saturated heterocycles. The van der Waals surface area contributed by atoms with E-state index in [1.807, 2.05) is 29.2 Å². The van der Waals surface area contributed by atoms with Crippen LogP contribution in [0.25, 0.3) is 0 Å². The monoisotopic (exact) mass is 336 g/mol. The molecular weight excluding hydrogens is 320 g/mol. The zero-order valence-corrected chi connectivity index (χ0v) is 12.7. The SMILES string of the molecule is NC(=O)C1CCN(C(=O)C2(c3ccc(Br)cc3)CC2)C1. The summed E-state index contributed by atoms with van der Waals surface area (Å²) in [5.74, 6) is -0.322. The Kier molecular flexibility index (Phi) is 3.32. The molecule has 1 aromatic rings. The molecular formula is C15H17BrN2O2. The molecule has 1 heterocycles. The van der Waals surface area contributed by atoms with Crippen molar-refractivity contribution >= 4 is 27.7 Å². The summed E-state index contributed by atoms with van der Waals surface area (Å²) in [4.78, 5) is 25.8. The molecule has 1 aliphatic carbocycles. The molecule has 1 aliphatic heterocycles. The van der Waals surface area contributed by atoms with E-state index in [-0.39, 0.29) is 23.1 Å². The number of halogens is 1. The van der Waals surface area contributed by atoms with Crippen molar-refractivity contribution in [1.29, 1.82) is 0 Å². The Morgan fingerprint density at radius 1 is 1.25 bits per heavy atom. The molecule has 1 saturated carbocycles. The minimum Gasteiger partial charge on any atom is -0.369 e. The molecule has 5 heteroatoms. The summed E-state index contributed by atoms with van der Waals surface area (Å²) in [6.45, 7) is 1.12. The van der Waals surface area contributed by atoms with Gasteiger partial charge in [0.2, 0.25) is 11.8 Å². The maximum atomic E-state index is 12.7. The van der Waals surface area contributed by atoms with Gasteiger partial charge in [-0.15, -0.1) is 0 Å². The lowest BCUT2D eigenvalue weighted by atomic mass is 9.94. The van der Waals surface area contributed by atoms with Gasteiger partial charge in [0.05, 0.1) is 11.3 Å². The highest BCUT2D eigenvalue weighted by Gasteiger charge is 2.53. The quantitative estimate of drug-likeness (QED) is 0.914. The lowest BCUT2D eigenvalue weighted by Gasteiger charge is -2.23. The summed E-state index contributed by atoms with van der Waals surface area (Å²) in [6.07, 6.45) is 2.48. The summed E-state index contributed by atoms with van der Waals surface area (Å²) in [6, 6.07) is 7.96. The zero-order chi connectivity index (χ0) is 14.3. The van der Waals surface area contributed by atoms with Crippen molar-refractivity contribution in [1.82, 2.24) is 4.90 Å². The number of carbonyl (C=O) groups is 2. The van der Waals surface area contributed by atoms with Crippen LogP contribution in [-0.2, 0) is 15.0 Å². The van der Waals surface area contributed by atoms with E-state index in [0.29, 0.717) is 19.5 Å². The van der Waals surface area contributed by atoms with Gasteiger partial charge in [0.15, 0.2) is 0 Å². The third-order valence-electron chi connectivity index (χ3n) is 4.43. The molecule has 0 bridgehead atoms. The van der Waals surface area contributed by atoms with Crippen LogP contribution in [-0.4, -0.2) is 29.8 Å². The minimum atomic E-state index is -0.354. The summed E-state index contributed by atoms with van der Waals surface area (Å²) in [5, 5.41) is 0. The maximum Gasteiger partial charge on any atom is 0.233 e. The topological polar surface area (TPSA) is 63.4 Å². The number of hydrogen-bond acceptors (Lipinski definition) is 2. The Labute approximate surface area is 126 Å². The van der Waals surface area contributed by atoms with Crippen molar-refractivity contribution in [2.24, 2.45) is 11.7 Å². The standard InChI is InChI=1S/C15H17BrN2O2/c16-12-3-1-11(2-4-12)15(6-7-15)14(20)18-8-5-10(9-18)13(17)19/h1-4,10H,5-9H2,(H2,17,19). The van der Waals surface area contributed by atoms with Gasteiger partial charge in [-0.1, -0.05) is 28.1 Å². The van der Waals surface area contributed by atoms with Crippen molar-refractivity contribution < 1.29 is 9.59 Å². The van der Waals surface area contributed by atoms with Crippen molar-refractivity contribution in [3.05, 3.63) is 34.3 Å². The fourth-order valence-corrected chi connectivity index (χ4v) is 3.26. The van der Waals surface area contributed by atoms with Gasteiger partial charge in [0.1, 0.15) is 0 Å². The Morgan fingerprint density at radius 2 is 1.90 bits per heavy atom. The van der Waals surface area contributed by atoms with Gasteiger partial charge in [0, 0.05) is 17.6 Å². The number of hydrogen-bond donors (Lipinski definition) is 1. The Morgan fingerprint density at radius 3 is 2.40 bits per heavy atom. The average molecular weight is 337 g/mol. The number of likely N-dealkylation sites (tertiary alicyclic amines) is 1. The van der Waals surface area contributed by atoms with E-state index < -0.39 is 0 Å². The number of amides is 2. The van der Waals surface area contributed by atoms with Crippen LogP contribution in [0.2, 0.25) is 0 Å². The molecule has 20 heavy (non-hydrogen) atoms. The van der Waals surface area contributed by atoms with E-state index >= 15 is 0 Å². The minimum absolute atomic E-state index is 0.156. The average Bonchev–Trinajstić information content (AvgIpc) is 3.08. The molecule has 0 aromatic heterocycles. The van der Waals surface area contributed by atoms with Gasteiger partial charge < -0.3 is 10.6 Å². The predicted octanol–water partition coefficient (Wildman–Crippen LogP) is 1.81. The number of benzene rings is 1. The number of carbonyl (C=O) groups excluding carboxylic acids is 2. The van der Waals surface area contributed by atoms with Crippen LogP contribution < -0.4 is 5.73 Å². The van der Waals surface area contributed by atoms with Gasteiger partial charge in [-0.3, -0.25) is 9.59 Å². The van der Waals surface area contributed by atoms with Crippen LogP contribution in [0, 0.1) is 5.92 Å². The van der Waals surface area contributed by atoms with Crippen LogP contribution in [0.1, 0.15) is 24.8 Å². The third-order valence-corrected chi connectivity index (χ3v) is 4.96. The molecule has 0 spiro atoms. The van der Waals surface area contributed by atoms with Gasteiger partial charge >= 0.3 is 0 Å². The van der Waals surface area contributed by atoms with Crippen LogP contribution in [0.5, 0.6) is 0 Å². The molecule has 2 N–H and O–H groups in total. The molecule has 1 unspecified atom stereocenters. The highest BCUT2D eigenvalue weighted by molar-refractivity contribution is 9.10. The molecule has 2 amide bonds. The van der Waals surface area contributed by atoms with Crippen LogP contribution in [0.3, 0.4) is 0 Å². The molecule has 4 nitrogen and oxygen atoms in total. The van der Waals surface area contributed by atoms with E-state index in [1.165, 1.54) is 0 Å². The van der Waals surface area contributed by atoms with E-state index in [1.54, 1.807) is 0 Å². The van der Waals surface area contributed by atoms with E-state index in [9.17, 15) is 9.59 Å². The molecule has 1 atom stereocenters. The molecule has 3 rings (SSSR count). The number of primary amides is 1. The smallest absolute Gasteiger partial charge is 0.233 e. The fourth-order valence-electron chi connectivity index (χ4n) is 3.00. The van der Waals surface area contributed by atoms with Crippen molar-refractivity contribution in [2.75, 3.05) is 13.1 Å². The highest BCUT2D eigenvalue weighted by atomic mass is 79.9. The first-order chi connectivity index (χ1) is 9.53. The maximum absolute atomic E-state index is 12.7. The van der Waals surface area contributed by atoms with Gasteiger partial charge in [-0.05, 0) is 37.0 Å². The third kappa shape index (κ3) is 2.24. The Balaban J connectivity index is 1.77. The largest absolute Gasteiger partial charge is 0.369 e. The summed E-state index contributed by atoms with van der Waals surface area (Å²) < 4.78 is 1.01. The summed E-state index contributed by atoms with van der Waals surface area (Å²) in [7, 11) is 0. The van der Waals surface area contributed by atoms with Crippen LogP contribution in [0.15, 0.2) is 28.7 Å². The zero-order valence-electron chi connectivity index (χ0n) is 11.1. The van der Waals surface area contributed by atoms with Crippen LogP contribution in [0.4, 0.5) is 0 Å². The van der Waals surface area contributed by atoms with Gasteiger partial charge in [-0.25, -0.2) is 0 Å².